The molecule has 0 aliphatic carbocycles. The van der Waals surface area contributed by atoms with Gasteiger partial charge in [0.2, 0.25) is 5.75 Å². The fourth-order valence-corrected chi connectivity index (χ4v) is 1.16. The predicted molar refractivity (Wildman–Crippen MR) is 50.4 cm³/mol. The monoisotopic (exact) mass is 235 g/mol. The lowest BCUT2D eigenvalue weighted by atomic mass is 10.00. The van der Waals surface area contributed by atoms with E-state index in [4.69, 9.17) is 21.1 Å². The van der Waals surface area contributed by atoms with Gasteiger partial charge < -0.3 is 26.2 Å². The summed E-state index contributed by atoms with van der Waals surface area (Å²) in [5.41, 5.74) is 4.68. The number of hydrogen-bond donors (Lipinski definition) is 5. The molecule has 1 aromatic rings. The summed E-state index contributed by atoms with van der Waals surface area (Å²) in [4.78, 5) is 0. The van der Waals surface area contributed by atoms with Gasteiger partial charge in [-0.2, -0.15) is 0 Å². The summed E-state index contributed by atoms with van der Waals surface area (Å²) in [5.74, 6) is -6.15. The van der Waals surface area contributed by atoms with E-state index in [9.17, 15) is 13.9 Å². The summed E-state index contributed by atoms with van der Waals surface area (Å²) < 4.78 is 26.0. The van der Waals surface area contributed by atoms with Crippen LogP contribution in [0.2, 0.25) is 0 Å². The van der Waals surface area contributed by atoms with Gasteiger partial charge >= 0.3 is 0 Å². The van der Waals surface area contributed by atoms with Crippen LogP contribution in [-0.4, -0.2) is 33.0 Å². The minimum absolute atomic E-state index is 0.464. The molecule has 5 nitrogen and oxygen atoms in total. The van der Waals surface area contributed by atoms with Gasteiger partial charge in [-0.3, -0.25) is 0 Å². The molecule has 0 saturated heterocycles. The van der Waals surface area contributed by atoms with Crippen LogP contribution in [0.25, 0.3) is 0 Å². The van der Waals surface area contributed by atoms with Crippen molar-refractivity contribution in [2.24, 2.45) is 5.73 Å². The van der Waals surface area contributed by atoms with Crippen molar-refractivity contribution in [1.29, 1.82) is 0 Å². The summed E-state index contributed by atoms with van der Waals surface area (Å²) in [6.45, 7) is -1.49. The topological polar surface area (TPSA) is 107 Å². The molecule has 0 amide bonds. The van der Waals surface area contributed by atoms with E-state index in [1.54, 1.807) is 0 Å². The minimum atomic E-state index is -3.64. The number of aliphatic hydroxyl groups excluding tert-OH is 1. The second-order valence-electron chi connectivity index (χ2n) is 3.27. The second-order valence-corrected chi connectivity index (χ2v) is 3.27. The number of alkyl halides is 2. The summed E-state index contributed by atoms with van der Waals surface area (Å²) in [7, 11) is 0. The zero-order valence-corrected chi connectivity index (χ0v) is 8.06. The molecule has 0 aliphatic heterocycles. The van der Waals surface area contributed by atoms with Crippen LogP contribution in [0.4, 0.5) is 8.78 Å². The Balaban J connectivity index is 3.20. The maximum absolute atomic E-state index is 13.0. The van der Waals surface area contributed by atoms with Crippen molar-refractivity contribution in [2.45, 2.75) is 12.0 Å². The molecule has 0 saturated carbocycles. The van der Waals surface area contributed by atoms with Crippen LogP contribution in [-0.2, 0) is 0 Å². The fourth-order valence-electron chi connectivity index (χ4n) is 1.16. The molecule has 0 radical (unpaired) electrons. The molecule has 0 bridgehead atoms. The number of aromatic hydroxyl groups is 3. The maximum Gasteiger partial charge on any atom is 0.289 e. The van der Waals surface area contributed by atoms with E-state index in [0.29, 0.717) is 0 Å². The van der Waals surface area contributed by atoms with Crippen LogP contribution in [0.1, 0.15) is 11.6 Å². The van der Waals surface area contributed by atoms with Crippen molar-refractivity contribution in [1.82, 2.24) is 0 Å². The summed E-state index contributed by atoms with van der Waals surface area (Å²) in [6.07, 6.45) is 0. The van der Waals surface area contributed by atoms with Gasteiger partial charge in [-0.15, -0.1) is 0 Å². The zero-order valence-electron chi connectivity index (χ0n) is 8.06. The molecule has 0 aliphatic rings. The van der Waals surface area contributed by atoms with E-state index in [1.165, 1.54) is 0 Å². The highest BCUT2D eigenvalue weighted by Crippen LogP contribution is 2.42. The van der Waals surface area contributed by atoms with Crippen molar-refractivity contribution in [3.05, 3.63) is 17.7 Å². The fraction of sp³-hybridized carbons (Fsp3) is 0.333. The van der Waals surface area contributed by atoms with Crippen LogP contribution < -0.4 is 5.73 Å². The number of phenols is 3. The maximum atomic E-state index is 13.0. The molecule has 90 valence electrons. The lowest BCUT2D eigenvalue weighted by Crippen LogP contribution is -2.36. The molecule has 1 rings (SSSR count). The average molecular weight is 235 g/mol. The van der Waals surface area contributed by atoms with Crippen molar-refractivity contribution in [2.75, 3.05) is 6.61 Å². The SMILES string of the molecule is N[C@@H](c1ccc(O)c(O)c1O)C(F)(F)CO. The summed E-state index contributed by atoms with van der Waals surface area (Å²) in [6, 6.07) is -0.125. The average Bonchev–Trinajstić information content (AvgIpc) is 2.25. The lowest BCUT2D eigenvalue weighted by molar-refractivity contribution is -0.0716. The standard InChI is InChI=1S/C9H11F2NO4/c10-9(11,3-13)8(12)4-1-2-5(14)7(16)6(4)15/h1-2,8,13-16H,3,12H2/t8-/m0/s1. The van der Waals surface area contributed by atoms with Crippen LogP contribution in [0.15, 0.2) is 12.1 Å². The molecular weight excluding hydrogens is 224 g/mol. The van der Waals surface area contributed by atoms with Gasteiger partial charge in [0.25, 0.3) is 5.92 Å². The normalized spacial score (nSPS) is 13.8. The second kappa shape index (κ2) is 4.11. The Labute approximate surface area is 89.4 Å². The predicted octanol–water partition coefficient (Wildman–Crippen LogP) is 0.431. The molecule has 6 N–H and O–H groups in total. The van der Waals surface area contributed by atoms with Crippen LogP contribution in [0, 0.1) is 0 Å². The van der Waals surface area contributed by atoms with E-state index in [0.717, 1.165) is 12.1 Å². The molecule has 7 heteroatoms. The number of benzene rings is 1. The molecule has 1 atom stereocenters. The Morgan fingerprint density at radius 2 is 1.75 bits per heavy atom. The Morgan fingerprint density at radius 1 is 1.19 bits per heavy atom. The van der Waals surface area contributed by atoms with Crippen molar-refractivity contribution in [3.8, 4) is 17.2 Å². The third-order valence-corrected chi connectivity index (χ3v) is 2.16. The third-order valence-electron chi connectivity index (χ3n) is 2.16. The number of halogens is 2. The number of hydrogen-bond acceptors (Lipinski definition) is 5. The summed E-state index contributed by atoms with van der Waals surface area (Å²) >= 11 is 0. The first-order valence-corrected chi connectivity index (χ1v) is 4.29. The molecule has 0 unspecified atom stereocenters. The van der Waals surface area contributed by atoms with E-state index in [-0.39, 0.29) is 0 Å². The molecule has 0 spiro atoms. The molecule has 16 heavy (non-hydrogen) atoms. The molecule has 1 aromatic carbocycles. The molecule has 0 heterocycles. The van der Waals surface area contributed by atoms with Gasteiger partial charge in [-0.1, -0.05) is 0 Å². The third kappa shape index (κ3) is 2.00. The number of rotatable bonds is 3. The minimum Gasteiger partial charge on any atom is -0.504 e. The number of aliphatic hydroxyl groups is 1. The Kier molecular flexibility index (Phi) is 3.20. The van der Waals surface area contributed by atoms with Gasteiger partial charge in [-0.05, 0) is 12.1 Å². The van der Waals surface area contributed by atoms with Crippen molar-refractivity contribution >= 4 is 0 Å². The van der Waals surface area contributed by atoms with Gasteiger partial charge in [-0.25, -0.2) is 8.78 Å². The Morgan fingerprint density at radius 3 is 2.25 bits per heavy atom. The largest absolute Gasteiger partial charge is 0.504 e. The first kappa shape index (κ1) is 12.5. The highest BCUT2D eigenvalue weighted by Gasteiger charge is 2.39. The van der Waals surface area contributed by atoms with Crippen LogP contribution >= 0.6 is 0 Å². The van der Waals surface area contributed by atoms with Crippen LogP contribution in [0.3, 0.4) is 0 Å². The Bertz CT molecular complexity index is 397. The molecule has 0 fully saturated rings. The first-order chi connectivity index (χ1) is 7.31. The van der Waals surface area contributed by atoms with Crippen molar-refractivity contribution < 1.29 is 29.2 Å². The lowest BCUT2D eigenvalue weighted by Gasteiger charge is -2.22. The van der Waals surface area contributed by atoms with E-state index in [1.807, 2.05) is 0 Å². The van der Waals surface area contributed by atoms with E-state index in [2.05, 4.69) is 0 Å². The van der Waals surface area contributed by atoms with Gasteiger partial charge in [0.15, 0.2) is 11.5 Å². The van der Waals surface area contributed by atoms with Gasteiger partial charge in [0.1, 0.15) is 12.6 Å². The van der Waals surface area contributed by atoms with E-state index >= 15 is 0 Å². The highest BCUT2D eigenvalue weighted by atomic mass is 19.3. The Hall–Kier alpha value is -1.60. The number of nitrogens with two attached hydrogens (primary N) is 1. The van der Waals surface area contributed by atoms with Gasteiger partial charge in [0, 0.05) is 5.56 Å². The van der Waals surface area contributed by atoms with Crippen molar-refractivity contribution in [3.63, 3.8) is 0 Å². The van der Waals surface area contributed by atoms with Gasteiger partial charge in [0.05, 0.1) is 0 Å². The quantitative estimate of drug-likeness (QED) is 0.488. The molecular formula is C9H11F2NO4. The molecule has 0 aromatic heterocycles. The first-order valence-electron chi connectivity index (χ1n) is 4.29. The smallest absolute Gasteiger partial charge is 0.289 e. The zero-order chi connectivity index (χ0) is 12.5. The van der Waals surface area contributed by atoms with Crippen LogP contribution in [0.5, 0.6) is 17.2 Å². The highest BCUT2D eigenvalue weighted by molar-refractivity contribution is 5.54. The number of phenolic OH excluding ortho intramolecular Hbond substituents is 3. The van der Waals surface area contributed by atoms with E-state index < -0.39 is 41.4 Å². The summed E-state index contributed by atoms with van der Waals surface area (Å²) in [5, 5.41) is 35.8.